The van der Waals surface area contributed by atoms with Crippen LogP contribution >= 0.6 is 0 Å². The zero-order valence-electron chi connectivity index (χ0n) is 20.4. The molecule has 5 heteroatoms. The number of aliphatic hydroxyl groups is 1. The fourth-order valence-corrected chi connectivity index (χ4v) is 4.41. The topological polar surface area (TPSA) is 68.5 Å². The molecule has 1 saturated carbocycles. The highest BCUT2D eigenvalue weighted by Gasteiger charge is 2.37. The van der Waals surface area contributed by atoms with Crippen LogP contribution in [0.25, 0.3) is 6.08 Å². The predicted octanol–water partition coefficient (Wildman–Crippen LogP) is 5.23. The molecule has 0 saturated heterocycles. The van der Waals surface area contributed by atoms with E-state index in [0.717, 1.165) is 29.5 Å². The van der Waals surface area contributed by atoms with Gasteiger partial charge in [-0.05, 0) is 48.9 Å². The molecule has 0 aliphatic heterocycles. The number of aliphatic hydroxyl groups excluding tert-OH is 1. The largest absolute Gasteiger partial charge is 0.393 e. The Morgan fingerprint density at radius 3 is 2.46 bits per heavy atom. The van der Waals surface area contributed by atoms with E-state index in [0.29, 0.717) is 23.7 Å². The first-order valence-electron chi connectivity index (χ1n) is 12.2. The van der Waals surface area contributed by atoms with Gasteiger partial charge in [0.15, 0.2) is 5.78 Å². The van der Waals surface area contributed by atoms with Gasteiger partial charge < -0.3 is 14.4 Å². The summed E-state index contributed by atoms with van der Waals surface area (Å²) in [6.45, 7) is 4.67. The Morgan fingerprint density at radius 1 is 1.09 bits per heavy atom. The van der Waals surface area contributed by atoms with Crippen LogP contribution in [0.4, 0.5) is 0 Å². The van der Waals surface area contributed by atoms with Crippen molar-refractivity contribution in [2.75, 3.05) is 6.61 Å². The van der Waals surface area contributed by atoms with Gasteiger partial charge in [-0.1, -0.05) is 73.2 Å². The Labute approximate surface area is 207 Å². The Hall–Kier alpha value is -3.28. The molecule has 1 aliphatic carbocycles. The van der Waals surface area contributed by atoms with E-state index in [1.807, 2.05) is 90.5 Å². The van der Waals surface area contributed by atoms with Gasteiger partial charge in [0, 0.05) is 24.2 Å². The quantitative estimate of drug-likeness (QED) is 0.389. The molecular weight excluding hydrogens is 438 g/mol. The van der Waals surface area contributed by atoms with Crippen LogP contribution in [0.1, 0.15) is 52.5 Å². The van der Waals surface area contributed by atoms with Gasteiger partial charge in [-0.15, -0.1) is 0 Å². The van der Waals surface area contributed by atoms with Gasteiger partial charge in [-0.25, -0.2) is 0 Å². The highest BCUT2D eigenvalue weighted by atomic mass is 16.5. The molecule has 1 N–H and O–H groups in total. The summed E-state index contributed by atoms with van der Waals surface area (Å²) in [6, 6.07) is 19.3. The maximum absolute atomic E-state index is 12.9. The number of allylic oxidation sites excluding steroid dienone is 1. The first-order valence-corrected chi connectivity index (χ1v) is 12.2. The summed E-state index contributed by atoms with van der Waals surface area (Å²) in [5.41, 5.74) is 4.46. The Balaban J connectivity index is 1.31. The second-order valence-electron chi connectivity index (χ2n) is 9.43. The summed E-state index contributed by atoms with van der Waals surface area (Å²) in [5, 5.41) is 9.60. The van der Waals surface area contributed by atoms with Crippen LogP contribution < -0.4 is 0 Å². The second kappa shape index (κ2) is 11.4. The molecule has 0 amide bonds. The van der Waals surface area contributed by atoms with Crippen LogP contribution in [0, 0.1) is 18.8 Å². The highest BCUT2D eigenvalue weighted by Crippen LogP contribution is 2.35. The number of Topliss-reactive ketones (excluding diaryl/α,β-unsaturated/α-hetero) is 1. The van der Waals surface area contributed by atoms with E-state index in [1.165, 1.54) is 0 Å². The third-order valence-corrected chi connectivity index (χ3v) is 6.89. The molecule has 0 radical (unpaired) electrons. The van der Waals surface area contributed by atoms with Crippen LogP contribution in [-0.2, 0) is 22.7 Å². The minimum Gasteiger partial charge on any atom is -0.393 e. The monoisotopic (exact) mass is 471 g/mol. The molecule has 2 unspecified atom stereocenters. The van der Waals surface area contributed by atoms with Gasteiger partial charge in [-0.2, -0.15) is 0 Å². The second-order valence-corrected chi connectivity index (χ2v) is 9.43. The average Bonchev–Trinajstić information content (AvgIpc) is 3.33. The Bertz CT molecular complexity index is 1170. The predicted molar refractivity (Wildman–Crippen MR) is 137 cm³/mol. The zero-order chi connectivity index (χ0) is 24.8. The highest BCUT2D eigenvalue weighted by molar-refractivity contribution is 6.08. The first kappa shape index (κ1) is 24.8. The minimum absolute atomic E-state index is 0.0131. The van der Waals surface area contributed by atoms with Crippen molar-refractivity contribution >= 4 is 17.6 Å². The molecule has 5 nitrogen and oxygen atoms in total. The number of aromatic nitrogens is 1. The summed E-state index contributed by atoms with van der Waals surface area (Å²) in [6.07, 6.45) is 7.17. The maximum Gasteiger partial charge on any atom is 0.209 e. The van der Waals surface area contributed by atoms with Gasteiger partial charge in [-0.3, -0.25) is 9.59 Å². The molecule has 1 aliphatic rings. The fraction of sp³-hybridized carbons (Fsp3) is 0.333. The van der Waals surface area contributed by atoms with E-state index in [1.54, 1.807) is 0 Å². The third-order valence-electron chi connectivity index (χ3n) is 6.89. The molecule has 35 heavy (non-hydrogen) atoms. The molecule has 3 aromatic rings. The van der Waals surface area contributed by atoms with Crippen LogP contribution in [-0.4, -0.2) is 34.0 Å². The zero-order valence-corrected chi connectivity index (χ0v) is 20.4. The van der Waals surface area contributed by atoms with Gasteiger partial charge in [0.1, 0.15) is 6.10 Å². The van der Waals surface area contributed by atoms with Crippen molar-refractivity contribution in [2.24, 2.45) is 11.8 Å². The number of hydrogen-bond acceptors (Lipinski definition) is 4. The number of carbonyl (C=O) groups excluding carboxylic acids is 2. The van der Waals surface area contributed by atoms with Crippen molar-refractivity contribution in [3.8, 4) is 0 Å². The number of benzene rings is 2. The number of rotatable bonds is 11. The average molecular weight is 472 g/mol. The molecule has 4 rings (SSSR count). The first-order chi connectivity index (χ1) is 17.0. The normalized spacial score (nSPS) is 18.4. The third kappa shape index (κ3) is 6.05. The van der Waals surface area contributed by atoms with Gasteiger partial charge in [0.05, 0.1) is 18.9 Å². The van der Waals surface area contributed by atoms with Crippen molar-refractivity contribution < 1.29 is 19.4 Å². The number of ether oxygens (including phenoxy) is 1. The van der Waals surface area contributed by atoms with Gasteiger partial charge in [0.2, 0.25) is 5.78 Å². The van der Waals surface area contributed by atoms with Gasteiger partial charge in [0.25, 0.3) is 0 Å². The van der Waals surface area contributed by atoms with Crippen molar-refractivity contribution in [1.82, 2.24) is 4.57 Å². The smallest absolute Gasteiger partial charge is 0.209 e. The molecule has 3 atom stereocenters. The standard InChI is InChI=1S/C30H33NO4/c1-21-7-14-25(15-8-21)29(33)27-6-4-18-31(27)17-3-5-23-10-12-24(13-11-23)20-35-28(19-32)30(34)26-16-9-22(26)2/h3-8,10-15,18,22,26,28,32H,9,16-17,19-20H2,1-2H3/b5-3+/t22?,26?,28-/m1/s1. The minimum atomic E-state index is -0.749. The lowest BCUT2D eigenvalue weighted by Gasteiger charge is -2.34. The van der Waals surface area contributed by atoms with E-state index in [9.17, 15) is 14.7 Å². The summed E-state index contributed by atoms with van der Waals surface area (Å²) in [7, 11) is 0. The van der Waals surface area contributed by atoms with Crippen LogP contribution in [0.2, 0.25) is 0 Å². The fourth-order valence-electron chi connectivity index (χ4n) is 4.41. The lowest BCUT2D eigenvalue weighted by Crippen LogP contribution is -2.40. The summed E-state index contributed by atoms with van der Waals surface area (Å²) < 4.78 is 7.68. The van der Waals surface area contributed by atoms with Crippen LogP contribution in [0.15, 0.2) is 72.9 Å². The van der Waals surface area contributed by atoms with E-state index in [2.05, 4.69) is 6.92 Å². The van der Waals surface area contributed by atoms with Crippen molar-refractivity contribution in [1.29, 1.82) is 0 Å². The van der Waals surface area contributed by atoms with Crippen molar-refractivity contribution in [3.63, 3.8) is 0 Å². The molecule has 1 heterocycles. The Morgan fingerprint density at radius 2 is 1.83 bits per heavy atom. The number of aryl methyl sites for hydroxylation is 1. The Kier molecular flexibility index (Phi) is 8.11. The lowest BCUT2D eigenvalue weighted by atomic mass is 9.71. The van der Waals surface area contributed by atoms with E-state index >= 15 is 0 Å². The molecule has 0 spiro atoms. The molecular formula is C30H33NO4. The molecule has 1 aromatic heterocycles. The number of ketones is 2. The maximum atomic E-state index is 12.9. The lowest BCUT2D eigenvalue weighted by molar-refractivity contribution is -0.143. The van der Waals surface area contributed by atoms with Crippen LogP contribution in [0.5, 0.6) is 0 Å². The summed E-state index contributed by atoms with van der Waals surface area (Å²) >= 11 is 0. The molecule has 1 fully saturated rings. The van der Waals surface area contributed by atoms with Crippen LogP contribution in [0.3, 0.4) is 0 Å². The number of hydrogen-bond donors (Lipinski definition) is 1. The summed E-state index contributed by atoms with van der Waals surface area (Å²) in [4.78, 5) is 25.4. The molecule has 182 valence electrons. The van der Waals surface area contributed by atoms with E-state index in [4.69, 9.17) is 4.74 Å². The molecule has 2 aromatic carbocycles. The number of nitrogens with zero attached hydrogens (tertiary/aromatic N) is 1. The molecule has 0 bridgehead atoms. The SMILES string of the molecule is Cc1ccc(C(=O)c2cccn2C/C=C/c2ccc(CO[C@H](CO)C(=O)C3CCC3C)cc2)cc1. The summed E-state index contributed by atoms with van der Waals surface area (Å²) in [5.74, 6) is 0.442. The van der Waals surface area contributed by atoms with E-state index in [-0.39, 0.29) is 30.7 Å². The van der Waals surface area contributed by atoms with E-state index < -0.39 is 6.10 Å². The number of carbonyl (C=O) groups is 2. The van der Waals surface area contributed by atoms with Gasteiger partial charge >= 0.3 is 0 Å². The van der Waals surface area contributed by atoms with Crippen molar-refractivity contribution in [2.45, 2.75) is 45.9 Å². The van der Waals surface area contributed by atoms with Crippen molar-refractivity contribution in [3.05, 3.63) is 101 Å².